The molecule has 2 aromatic heterocycles. The number of halogens is 1. The van der Waals surface area contributed by atoms with Crippen molar-refractivity contribution < 1.29 is 18.7 Å². The Balaban J connectivity index is 1.43. The van der Waals surface area contributed by atoms with E-state index in [1.807, 2.05) is 13.0 Å². The molecule has 200 valence electrons. The molecule has 0 atom stereocenters. The number of carbonyl (C=O) groups excluding carboxylic acids is 1. The van der Waals surface area contributed by atoms with Crippen molar-refractivity contribution in [2.24, 2.45) is 0 Å². The van der Waals surface area contributed by atoms with Gasteiger partial charge in [-0.15, -0.1) is 0 Å². The maximum Gasteiger partial charge on any atom is 0.247 e. The maximum atomic E-state index is 14.6. The highest BCUT2D eigenvalue weighted by atomic mass is 19.1. The van der Waals surface area contributed by atoms with Crippen molar-refractivity contribution in [1.29, 1.82) is 0 Å². The van der Waals surface area contributed by atoms with Crippen LogP contribution in [0.1, 0.15) is 5.56 Å². The van der Waals surface area contributed by atoms with Crippen LogP contribution < -0.4 is 15.4 Å². The number of pyridine rings is 1. The van der Waals surface area contributed by atoms with Gasteiger partial charge in [0.05, 0.1) is 30.1 Å². The normalized spacial score (nSPS) is 13.7. The highest BCUT2D eigenvalue weighted by Gasteiger charge is 2.15. The van der Waals surface area contributed by atoms with Gasteiger partial charge >= 0.3 is 0 Å². The highest BCUT2D eigenvalue weighted by Crippen LogP contribution is 2.34. The Bertz CT molecular complexity index is 1510. The van der Waals surface area contributed by atoms with E-state index in [4.69, 9.17) is 9.47 Å². The number of fused-ring (bicyclic) bond motifs is 1. The summed E-state index contributed by atoms with van der Waals surface area (Å²) in [5.74, 6) is 0.306. The fourth-order valence-corrected chi connectivity index (χ4v) is 4.31. The number of aryl methyl sites for hydroxylation is 1. The van der Waals surface area contributed by atoms with Gasteiger partial charge in [-0.05, 0) is 48.9 Å². The summed E-state index contributed by atoms with van der Waals surface area (Å²) in [7, 11) is 0. The number of morpholine rings is 1. The molecule has 9 nitrogen and oxygen atoms in total. The van der Waals surface area contributed by atoms with Gasteiger partial charge in [-0.3, -0.25) is 14.7 Å². The monoisotopic (exact) mass is 528 g/mol. The van der Waals surface area contributed by atoms with Gasteiger partial charge in [0, 0.05) is 48.5 Å². The molecule has 4 aromatic rings. The predicted molar refractivity (Wildman–Crippen MR) is 149 cm³/mol. The largest absolute Gasteiger partial charge is 0.490 e. The first-order valence-electron chi connectivity index (χ1n) is 12.6. The summed E-state index contributed by atoms with van der Waals surface area (Å²) >= 11 is 0. The molecule has 2 N–H and O–H groups in total. The third kappa shape index (κ3) is 6.36. The third-order valence-corrected chi connectivity index (χ3v) is 6.37. The number of nitrogens with zero attached hydrogens (tertiary/aromatic N) is 4. The molecule has 0 unspecified atom stereocenters. The molecular formula is C29H29FN6O3. The highest BCUT2D eigenvalue weighted by molar-refractivity contribution is 6.03. The number of carbonyl (C=O) groups is 1. The molecule has 2 aromatic carbocycles. The van der Waals surface area contributed by atoms with Crippen LogP contribution >= 0.6 is 0 Å². The molecule has 1 fully saturated rings. The minimum absolute atomic E-state index is 0.337. The van der Waals surface area contributed by atoms with Crippen LogP contribution in [0.4, 0.5) is 21.6 Å². The summed E-state index contributed by atoms with van der Waals surface area (Å²) in [5, 5.41) is 6.77. The van der Waals surface area contributed by atoms with Crippen LogP contribution in [-0.2, 0) is 9.53 Å². The van der Waals surface area contributed by atoms with Crippen molar-refractivity contribution >= 4 is 34.0 Å². The second-order valence-corrected chi connectivity index (χ2v) is 9.12. The minimum atomic E-state index is -0.363. The van der Waals surface area contributed by atoms with Crippen molar-refractivity contribution in [1.82, 2.24) is 19.9 Å². The average molecular weight is 529 g/mol. The molecule has 3 heterocycles. The number of anilines is 3. The molecule has 10 heteroatoms. The number of nitrogens with one attached hydrogen (secondary N) is 2. The second kappa shape index (κ2) is 12.0. The lowest BCUT2D eigenvalue weighted by Gasteiger charge is -2.26. The van der Waals surface area contributed by atoms with Crippen LogP contribution in [-0.4, -0.2) is 65.2 Å². The van der Waals surface area contributed by atoms with E-state index >= 15 is 0 Å². The fraction of sp³-hybridized carbons (Fsp3) is 0.241. The first kappa shape index (κ1) is 26.2. The topological polar surface area (TPSA) is 102 Å². The second-order valence-electron chi connectivity index (χ2n) is 9.12. The third-order valence-electron chi connectivity index (χ3n) is 6.37. The Hall–Kier alpha value is -4.41. The van der Waals surface area contributed by atoms with E-state index in [1.165, 1.54) is 18.5 Å². The minimum Gasteiger partial charge on any atom is -0.490 e. The number of aromatic nitrogens is 3. The van der Waals surface area contributed by atoms with E-state index in [0.717, 1.165) is 25.2 Å². The molecule has 0 spiro atoms. The summed E-state index contributed by atoms with van der Waals surface area (Å²) in [4.78, 5) is 27.6. The van der Waals surface area contributed by atoms with Crippen molar-refractivity contribution in [3.63, 3.8) is 0 Å². The maximum absolute atomic E-state index is 14.6. The van der Waals surface area contributed by atoms with Crippen LogP contribution in [0.3, 0.4) is 0 Å². The average Bonchev–Trinajstić information content (AvgIpc) is 2.94. The Labute approximate surface area is 225 Å². The van der Waals surface area contributed by atoms with Crippen molar-refractivity contribution in [3.8, 4) is 17.0 Å². The summed E-state index contributed by atoms with van der Waals surface area (Å²) in [6.07, 6.45) is 4.26. The molecule has 5 rings (SSSR count). The smallest absolute Gasteiger partial charge is 0.247 e. The quantitative estimate of drug-likeness (QED) is 0.301. The number of hydrogen-bond donors (Lipinski definition) is 2. The van der Waals surface area contributed by atoms with E-state index in [9.17, 15) is 9.18 Å². The summed E-state index contributed by atoms with van der Waals surface area (Å²) in [6, 6.07) is 12.1. The molecule has 1 amide bonds. The van der Waals surface area contributed by atoms with E-state index in [0.29, 0.717) is 64.9 Å². The summed E-state index contributed by atoms with van der Waals surface area (Å²) < 4.78 is 26.1. The standard InChI is InChI=1S/C29H29FN6O3/c1-3-28(37)35-26-16-22-25(17-27(26)39-13-10-36-8-11-38-12-9-36)32-18-33-29(22)34-20-6-7-31-24(15-20)21-5-4-19(2)14-23(21)30/h3-7,14-18H,1,8-13H2,2H3,(H,35,37)(H,31,32,33,34). The van der Waals surface area contributed by atoms with Crippen LogP contribution in [0, 0.1) is 12.7 Å². The summed E-state index contributed by atoms with van der Waals surface area (Å²) in [5.41, 5.74) is 3.51. The number of ether oxygens (including phenoxy) is 2. The summed E-state index contributed by atoms with van der Waals surface area (Å²) in [6.45, 7) is 9.70. The van der Waals surface area contributed by atoms with Gasteiger partial charge in [0.2, 0.25) is 5.91 Å². The van der Waals surface area contributed by atoms with Gasteiger partial charge in [-0.25, -0.2) is 14.4 Å². The fourth-order valence-electron chi connectivity index (χ4n) is 4.31. The predicted octanol–water partition coefficient (Wildman–Crippen LogP) is 4.72. The Morgan fingerprint density at radius 3 is 2.79 bits per heavy atom. The van der Waals surface area contributed by atoms with Gasteiger partial charge in [0.15, 0.2) is 0 Å². The van der Waals surface area contributed by atoms with E-state index in [1.54, 1.807) is 36.5 Å². The lowest BCUT2D eigenvalue weighted by atomic mass is 10.1. The Morgan fingerprint density at radius 2 is 2.00 bits per heavy atom. The first-order valence-corrected chi connectivity index (χ1v) is 12.6. The van der Waals surface area contributed by atoms with E-state index in [-0.39, 0.29) is 11.7 Å². The van der Waals surface area contributed by atoms with Crippen LogP contribution in [0.5, 0.6) is 5.75 Å². The number of amides is 1. The van der Waals surface area contributed by atoms with Gasteiger partial charge in [-0.2, -0.15) is 0 Å². The molecule has 1 saturated heterocycles. The van der Waals surface area contributed by atoms with Gasteiger partial charge in [0.25, 0.3) is 0 Å². The number of hydrogen-bond acceptors (Lipinski definition) is 8. The zero-order valence-corrected chi connectivity index (χ0v) is 21.6. The Kier molecular flexibility index (Phi) is 8.04. The van der Waals surface area contributed by atoms with Crippen LogP contribution in [0.15, 0.2) is 67.6 Å². The molecule has 39 heavy (non-hydrogen) atoms. The first-order chi connectivity index (χ1) is 19.0. The molecule has 0 saturated carbocycles. The van der Waals surface area contributed by atoms with Crippen molar-refractivity contribution in [3.05, 3.63) is 79.0 Å². The Morgan fingerprint density at radius 1 is 1.15 bits per heavy atom. The van der Waals surface area contributed by atoms with E-state index < -0.39 is 0 Å². The SMILES string of the molecule is C=CC(=O)Nc1cc2c(Nc3ccnc(-c4ccc(C)cc4F)c3)ncnc2cc1OCCN1CCOCC1. The van der Waals surface area contributed by atoms with Crippen molar-refractivity contribution in [2.45, 2.75) is 6.92 Å². The molecule has 0 radical (unpaired) electrons. The van der Waals surface area contributed by atoms with Gasteiger partial charge < -0.3 is 20.1 Å². The van der Waals surface area contributed by atoms with Crippen LogP contribution in [0.2, 0.25) is 0 Å². The molecule has 0 bridgehead atoms. The molecule has 0 aliphatic carbocycles. The molecule has 1 aliphatic heterocycles. The van der Waals surface area contributed by atoms with Crippen LogP contribution in [0.25, 0.3) is 22.2 Å². The van der Waals surface area contributed by atoms with Crippen molar-refractivity contribution in [2.75, 3.05) is 50.1 Å². The zero-order valence-electron chi connectivity index (χ0n) is 21.6. The van der Waals surface area contributed by atoms with Gasteiger partial charge in [0.1, 0.15) is 30.3 Å². The zero-order chi connectivity index (χ0) is 27.2. The lowest BCUT2D eigenvalue weighted by Crippen LogP contribution is -2.38. The molecular weight excluding hydrogens is 499 g/mol. The number of rotatable bonds is 9. The van der Waals surface area contributed by atoms with Gasteiger partial charge in [-0.1, -0.05) is 12.6 Å². The lowest BCUT2D eigenvalue weighted by molar-refractivity contribution is -0.111. The molecule has 1 aliphatic rings. The number of benzene rings is 2. The van der Waals surface area contributed by atoms with E-state index in [2.05, 4.69) is 37.1 Å².